The second-order valence-electron chi connectivity index (χ2n) is 6.12. The van der Waals surface area contributed by atoms with Gasteiger partial charge in [-0.25, -0.2) is 0 Å². The number of hydrogen-bond donors (Lipinski definition) is 2. The van der Waals surface area contributed by atoms with Crippen LogP contribution in [0, 0.1) is 0 Å². The molecule has 0 spiro atoms. The number of benzene rings is 2. The number of guanidine groups is 1. The summed E-state index contributed by atoms with van der Waals surface area (Å²) in [4.78, 5) is 4.27. The normalized spacial score (nSPS) is 10.9. The van der Waals surface area contributed by atoms with Crippen molar-refractivity contribution < 1.29 is 4.74 Å². The summed E-state index contributed by atoms with van der Waals surface area (Å²) in [5.74, 6) is 1.60. The molecule has 0 radical (unpaired) electrons. The molecule has 6 nitrogen and oxygen atoms in total. The van der Waals surface area contributed by atoms with Crippen molar-refractivity contribution in [1.29, 1.82) is 0 Å². The van der Waals surface area contributed by atoms with Gasteiger partial charge in [-0.2, -0.15) is 5.10 Å². The van der Waals surface area contributed by atoms with Gasteiger partial charge in [-0.3, -0.25) is 9.67 Å². The van der Waals surface area contributed by atoms with Gasteiger partial charge in [0.15, 0.2) is 5.96 Å². The molecule has 0 aliphatic carbocycles. The maximum absolute atomic E-state index is 5.38. The number of ether oxygens (including phenoxy) is 1. The Hall–Kier alpha value is -2.55. The van der Waals surface area contributed by atoms with Crippen LogP contribution in [0.25, 0.3) is 0 Å². The number of nitrogens with one attached hydrogen (secondary N) is 2. The van der Waals surface area contributed by atoms with Crippen molar-refractivity contribution in [1.82, 2.24) is 20.4 Å². The van der Waals surface area contributed by atoms with Crippen LogP contribution in [0.4, 0.5) is 0 Å². The smallest absolute Gasteiger partial charge is 0.191 e. The predicted octanol–water partition coefficient (Wildman–Crippen LogP) is 3.42. The first-order valence-electron chi connectivity index (χ1n) is 8.90. The Morgan fingerprint density at radius 1 is 1.00 bits per heavy atom. The van der Waals surface area contributed by atoms with E-state index in [1.807, 2.05) is 59.5 Å². The van der Waals surface area contributed by atoms with Crippen LogP contribution in [0.3, 0.4) is 0 Å². The Bertz CT molecular complexity index is 879. The zero-order valence-electron chi connectivity index (χ0n) is 16.1. The highest BCUT2D eigenvalue weighted by Gasteiger charge is 2.05. The lowest BCUT2D eigenvalue weighted by atomic mass is 10.2. The van der Waals surface area contributed by atoms with Crippen LogP contribution in [0.15, 0.2) is 72.0 Å². The second-order valence-corrected chi connectivity index (χ2v) is 6.12. The summed E-state index contributed by atoms with van der Waals surface area (Å²) in [7, 11) is 3.44. The third-order valence-electron chi connectivity index (χ3n) is 4.20. The summed E-state index contributed by atoms with van der Waals surface area (Å²) in [6.45, 7) is 2.05. The monoisotopic (exact) mass is 491 g/mol. The quantitative estimate of drug-likeness (QED) is 0.302. The van der Waals surface area contributed by atoms with Crippen LogP contribution >= 0.6 is 24.0 Å². The molecule has 0 saturated carbocycles. The average Bonchev–Trinajstić information content (AvgIpc) is 3.16. The van der Waals surface area contributed by atoms with Gasteiger partial charge in [-0.15, -0.1) is 24.0 Å². The molecule has 7 heteroatoms. The fraction of sp³-hybridized carbons (Fsp3) is 0.238. The van der Waals surface area contributed by atoms with Crippen LogP contribution in [0.1, 0.15) is 16.7 Å². The first-order chi connectivity index (χ1) is 13.3. The van der Waals surface area contributed by atoms with Crippen LogP contribution in [0.2, 0.25) is 0 Å². The van der Waals surface area contributed by atoms with E-state index in [1.54, 1.807) is 14.2 Å². The van der Waals surface area contributed by atoms with E-state index in [1.165, 1.54) is 5.56 Å². The van der Waals surface area contributed by atoms with E-state index in [4.69, 9.17) is 4.74 Å². The maximum atomic E-state index is 5.38. The molecular weight excluding hydrogens is 465 g/mol. The highest BCUT2D eigenvalue weighted by molar-refractivity contribution is 14.0. The molecule has 0 bridgehead atoms. The lowest BCUT2D eigenvalue weighted by Crippen LogP contribution is -2.36. The van der Waals surface area contributed by atoms with E-state index in [0.29, 0.717) is 13.1 Å². The van der Waals surface area contributed by atoms with Crippen LogP contribution in [0.5, 0.6) is 5.75 Å². The third-order valence-corrected chi connectivity index (χ3v) is 4.20. The predicted molar refractivity (Wildman–Crippen MR) is 123 cm³/mol. The molecule has 0 saturated heterocycles. The van der Waals surface area contributed by atoms with Crippen LogP contribution in [-0.4, -0.2) is 29.9 Å². The van der Waals surface area contributed by atoms with E-state index in [2.05, 4.69) is 32.9 Å². The molecule has 2 aromatic carbocycles. The summed E-state index contributed by atoms with van der Waals surface area (Å²) < 4.78 is 7.32. The number of hydrogen-bond acceptors (Lipinski definition) is 3. The number of aliphatic imine (C=N–C) groups is 1. The molecule has 0 amide bonds. The molecule has 2 N–H and O–H groups in total. The van der Waals surface area contributed by atoms with Crippen molar-refractivity contribution in [3.63, 3.8) is 0 Å². The molecule has 28 heavy (non-hydrogen) atoms. The van der Waals surface area contributed by atoms with Gasteiger partial charge in [0.05, 0.1) is 19.9 Å². The van der Waals surface area contributed by atoms with Gasteiger partial charge >= 0.3 is 0 Å². The van der Waals surface area contributed by atoms with Gasteiger partial charge in [0.25, 0.3) is 0 Å². The number of para-hydroxylation sites is 1. The molecule has 1 heterocycles. The fourth-order valence-corrected chi connectivity index (χ4v) is 2.79. The molecule has 0 fully saturated rings. The van der Waals surface area contributed by atoms with Gasteiger partial charge in [0, 0.05) is 37.5 Å². The van der Waals surface area contributed by atoms with E-state index in [0.717, 1.165) is 29.4 Å². The number of nitrogens with zero attached hydrogens (tertiary/aromatic N) is 3. The zero-order valence-corrected chi connectivity index (χ0v) is 18.5. The van der Waals surface area contributed by atoms with E-state index < -0.39 is 0 Å². The largest absolute Gasteiger partial charge is 0.496 e. The molecule has 148 valence electrons. The molecule has 1 aromatic heterocycles. The first kappa shape index (κ1) is 21.7. The van der Waals surface area contributed by atoms with Crippen molar-refractivity contribution >= 4 is 29.9 Å². The van der Waals surface area contributed by atoms with Crippen LogP contribution < -0.4 is 15.4 Å². The van der Waals surface area contributed by atoms with Gasteiger partial charge in [0.2, 0.25) is 0 Å². The van der Waals surface area contributed by atoms with E-state index in [-0.39, 0.29) is 24.0 Å². The van der Waals surface area contributed by atoms with Gasteiger partial charge in [-0.1, -0.05) is 48.5 Å². The summed E-state index contributed by atoms with van der Waals surface area (Å²) in [5.41, 5.74) is 3.42. The topological polar surface area (TPSA) is 63.5 Å². The van der Waals surface area contributed by atoms with Crippen LogP contribution in [-0.2, 0) is 19.6 Å². The molecule has 0 unspecified atom stereocenters. The highest BCUT2D eigenvalue weighted by atomic mass is 127. The zero-order chi connectivity index (χ0) is 18.9. The minimum Gasteiger partial charge on any atom is -0.496 e. The first-order valence-corrected chi connectivity index (χ1v) is 8.90. The van der Waals surface area contributed by atoms with Crippen molar-refractivity contribution in [2.24, 2.45) is 4.99 Å². The van der Waals surface area contributed by atoms with Crippen molar-refractivity contribution in [2.45, 2.75) is 19.6 Å². The van der Waals surface area contributed by atoms with E-state index in [9.17, 15) is 0 Å². The fourth-order valence-electron chi connectivity index (χ4n) is 2.79. The van der Waals surface area contributed by atoms with Crippen molar-refractivity contribution in [3.05, 3.63) is 83.7 Å². The SMILES string of the molecule is CN=C(NCc1cnn(Cc2ccccc2)c1)NCc1ccccc1OC.I. The molecule has 0 aliphatic heterocycles. The Kier molecular flexibility index (Phi) is 8.80. The molecular formula is C21H26IN5O. The Morgan fingerprint density at radius 2 is 1.71 bits per heavy atom. The minimum atomic E-state index is 0. The van der Waals surface area contributed by atoms with Gasteiger partial charge in [-0.05, 0) is 11.6 Å². The van der Waals surface area contributed by atoms with Crippen molar-refractivity contribution in [2.75, 3.05) is 14.2 Å². The summed E-state index contributed by atoms with van der Waals surface area (Å²) in [6.07, 6.45) is 3.93. The Morgan fingerprint density at radius 3 is 2.46 bits per heavy atom. The summed E-state index contributed by atoms with van der Waals surface area (Å²) in [6, 6.07) is 18.2. The number of halogens is 1. The summed E-state index contributed by atoms with van der Waals surface area (Å²) in [5, 5.41) is 11.1. The lowest BCUT2D eigenvalue weighted by molar-refractivity contribution is 0.409. The maximum Gasteiger partial charge on any atom is 0.191 e. The molecule has 3 rings (SSSR count). The second kappa shape index (κ2) is 11.3. The van der Waals surface area contributed by atoms with Crippen molar-refractivity contribution in [3.8, 4) is 5.75 Å². The molecule has 0 aliphatic rings. The highest BCUT2D eigenvalue weighted by Crippen LogP contribution is 2.16. The standard InChI is InChI=1S/C21H25N5O.HI/c1-22-21(24-14-19-10-6-7-11-20(19)27-2)23-12-18-13-25-26(16-18)15-17-8-4-3-5-9-17;/h3-11,13,16H,12,14-15H2,1-2H3,(H2,22,23,24);1H. The van der Waals surface area contributed by atoms with E-state index >= 15 is 0 Å². The lowest BCUT2D eigenvalue weighted by Gasteiger charge is -2.13. The Labute approximate surface area is 183 Å². The number of aromatic nitrogens is 2. The summed E-state index contributed by atoms with van der Waals surface area (Å²) >= 11 is 0. The average molecular weight is 491 g/mol. The molecule has 0 atom stereocenters. The molecule has 3 aromatic rings. The number of methoxy groups -OCH3 is 1. The van der Waals surface area contributed by atoms with Gasteiger partial charge < -0.3 is 15.4 Å². The Balaban J connectivity index is 0.00000280. The van der Waals surface area contributed by atoms with Gasteiger partial charge in [0.1, 0.15) is 5.75 Å². The third kappa shape index (κ3) is 6.26. The number of rotatable bonds is 7. The minimum absolute atomic E-state index is 0.